The molecular formula is C33H43N5O9S2. The van der Waals surface area contributed by atoms with Crippen LogP contribution in [0.1, 0.15) is 56.8 Å². The maximum absolute atomic E-state index is 12.7. The summed E-state index contributed by atoms with van der Waals surface area (Å²) >= 11 is 1.12. The number of aromatic hydroxyl groups is 1. The van der Waals surface area contributed by atoms with Gasteiger partial charge >= 0.3 is 11.9 Å². The number of rotatable bonds is 15. The molecule has 2 aromatic rings. The molecule has 2 aliphatic rings. The topological polar surface area (TPSA) is 196 Å². The van der Waals surface area contributed by atoms with E-state index in [4.69, 9.17) is 9.47 Å². The Kier molecular flexibility index (Phi) is 13.5. The number of anilines is 2. The third-order valence-corrected chi connectivity index (χ3v) is 9.28. The predicted molar refractivity (Wildman–Crippen MR) is 189 cm³/mol. The molecule has 2 saturated heterocycles. The number of nitrogens with zero attached hydrogens (tertiary/aromatic N) is 2. The molecule has 5 N–H and O–H groups in total. The zero-order chi connectivity index (χ0) is 35.6. The van der Waals surface area contributed by atoms with Gasteiger partial charge in [-0.25, -0.2) is 18.2 Å². The van der Waals surface area contributed by atoms with Gasteiger partial charge in [-0.2, -0.15) is 0 Å². The standard InChI is InChI=1S/C33H43N5O9S2/c1-4-46-30(41)13-11-25(32(43)47-5-2)35-33-36-31(42)29(48-33)18-21-6-9-24(10-7-21)38-16-14-23(15-17-38)34-20-28(40)22-8-12-27(39)26(19-22)37-49(3,44)45/h6-10,12,18-19,23,25,28,34,37,39-40H,4-5,11,13-17,20H2,1-3H3,(H,35,36,42)/b29-18+. The molecule has 1 amide bonds. The Hall–Kier alpha value is -4.12. The number of phenolic OH excluding ortho intramolecular Hbond substituents is 1. The highest BCUT2D eigenvalue weighted by Gasteiger charge is 2.28. The number of nitrogens with one attached hydrogen (secondary N) is 3. The molecule has 0 aromatic heterocycles. The van der Waals surface area contributed by atoms with E-state index in [0.29, 0.717) is 10.5 Å². The molecule has 0 bridgehead atoms. The fourth-order valence-corrected chi connectivity index (χ4v) is 6.74. The van der Waals surface area contributed by atoms with E-state index in [0.717, 1.165) is 55.2 Å². The number of carbonyl (C=O) groups is 3. The lowest BCUT2D eigenvalue weighted by Gasteiger charge is -2.34. The molecule has 4 rings (SSSR count). The lowest BCUT2D eigenvalue weighted by molar-refractivity contribution is -0.146. The first kappa shape index (κ1) is 37.7. The lowest BCUT2D eigenvalue weighted by atomic mass is 10.0. The maximum atomic E-state index is 12.7. The summed E-state index contributed by atoms with van der Waals surface area (Å²) in [6.45, 7) is 5.65. The molecule has 2 atom stereocenters. The van der Waals surface area contributed by atoms with E-state index in [1.807, 2.05) is 24.3 Å². The van der Waals surface area contributed by atoms with Crippen LogP contribution in [0.5, 0.6) is 5.75 Å². The van der Waals surface area contributed by atoms with Gasteiger partial charge in [-0.15, -0.1) is 0 Å². The average molecular weight is 718 g/mol. The van der Waals surface area contributed by atoms with Crippen LogP contribution in [-0.2, 0) is 33.9 Å². The summed E-state index contributed by atoms with van der Waals surface area (Å²) in [5.74, 6) is -1.57. The summed E-state index contributed by atoms with van der Waals surface area (Å²) in [4.78, 5) is 44.0. The number of piperidine rings is 1. The summed E-state index contributed by atoms with van der Waals surface area (Å²) < 4.78 is 35.4. The molecule has 2 unspecified atom stereocenters. The van der Waals surface area contributed by atoms with Crippen LogP contribution in [-0.4, -0.2) is 92.8 Å². The van der Waals surface area contributed by atoms with Gasteiger partial charge in [0.05, 0.1) is 36.2 Å². The van der Waals surface area contributed by atoms with Gasteiger partial charge in [0.15, 0.2) is 11.2 Å². The number of phenols is 1. The Balaban J connectivity index is 1.28. The molecule has 49 heavy (non-hydrogen) atoms. The molecule has 0 aliphatic carbocycles. The van der Waals surface area contributed by atoms with E-state index >= 15 is 0 Å². The Labute approximate surface area is 290 Å². The number of amides is 1. The van der Waals surface area contributed by atoms with Crippen molar-refractivity contribution in [2.45, 2.75) is 57.7 Å². The number of aliphatic hydroxyl groups is 1. The second kappa shape index (κ2) is 17.5. The molecule has 0 radical (unpaired) electrons. The van der Waals surface area contributed by atoms with Crippen molar-refractivity contribution in [2.75, 3.05) is 48.7 Å². The number of esters is 2. The molecule has 2 aromatic carbocycles. The van der Waals surface area contributed by atoms with E-state index in [1.54, 1.807) is 26.0 Å². The van der Waals surface area contributed by atoms with Crippen molar-refractivity contribution in [1.82, 2.24) is 10.6 Å². The fourth-order valence-electron chi connectivity index (χ4n) is 5.30. The van der Waals surface area contributed by atoms with Gasteiger partial charge in [0.25, 0.3) is 5.91 Å². The van der Waals surface area contributed by atoms with Crippen LogP contribution in [0.4, 0.5) is 11.4 Å². The van der Waals surface area contributed by atoms with Crippen molar-refractivity contribution in [3.8, 4) is 5.75 Å². The first-order valence-electron chi connectivity index (χ1n) is 16.0. The lowest BCUT2D eigenvalue weighted by Crippen LogP contribution is -2.43. The normalized spacial score (nSPS) is 18.3. The Morgan fingerprint density at radius 2 is 1.82 bits per heavy atom. The van der Waals surface area contributed by atoms with Gasteiger partial charge in [0.2, 0.25) is 10.0 Å². The highest BCUT2D eigenvalue weighted by atomic mass is 32.2. The second-order valence-electron chi connectivity index (χ2n) is 11.5. The Morgan fingerprint density at radius 3 is 2.47 bits per heavy atom. The number of hydrogen-bond donors (Lipinski definition) is 5. The largest absolute Gasteiger partial charge is 0.506 e. The van der Waals surface area contributed by atoms with Gasteiger partial charge in [-0.05, 0) is 86.3 Å². The molecule has 266 valence electrons. The van der Waals surface area contributed by atoms with Crippen LogP contribution in [0.3, 0.4) is 0 Å². The van der Waals surface area contributed by atoms with E-state index in [1.165, 1.54) is 12.1 Å². The Bertz CT molecular complexity index is 1660. The maximum Gasteiger partial charge on any atom is 0.330 e. The van der Waals surface area contributed by atoms with Crippen molar-refractivity contribution in [3.63, 3.8) is 0 Å². The number of aliphatic imine (C=N–C) groups is 1. The summed E-state index contributed by atoms with van der Waals surface area (Å²) in [7, 11) is -3.58. The van der Waals surface area contributed by atoms with Crippen LogP contribution in [0, 0.1) is 0 Å². The van der Waals surface area contributed by atoms with Crippen LogP contribution < -0.4 is 20.3 Å². The molecule has 0 saturated carbocycles. The Morgan fingerprint density at radius 1 is 1.12 bits per heavy atom. The van der Waals surface area contributed by atoms with Gasteiger partial charge < -0.3 is 35.2 Å². The fraction of sp³-hybridized carbons (Fsp3) is 0.455. The number of benzene rings is 2. The number of sulfonamides is 1. The first-order valence-corrected chi connectivity index (χ1v) is 18.7. The summed E-state index contributed by atoms with van der Waals surface area (Å²) in [6, 6.07) is 11.4. The molecule has 2 heterocycles. The number of aliphatic hydroxyl groups excluding tert-OH is 1. The van der Waals surface area contributed by atoms with Crippen molar-refractivity contribution in [1.29, 1.82) is 0 Å². The van der Waals surface area contributed by atoms with Crippen LogP contribution in [0.25, 0.3) is 6.08 Å². The molecule has 2 fully saturated rings. The van der Waals surface area contributed by atoms with Crippen LogP contribution >= 0.6 is 11.8 Å². The quantitative estimate of drug-likeness (QED) is 0.103. The minimum Gasteiger partial charge on any atom is -0.506 e. The van der Waals surface area contributed by atoms with Gasteiger partial charge in [-0.3, -0.25) is 14.3 Å². The van der Waals surface area contributed by atoms with Gasteiger partial charge in [0.1, 0.15) is 5.75 Å². The molecule has 0 spiro atoms. The van der Waals surface area contributed by atoms with E-state index in [2.05, 4.69) is 25.2 Å². The highest BCUT2D eigenvalue weighted by Crippen LogP contribution is 2.30. The number of hydrogen-bond acceptors (Lipinski definition) is 13. The van der Waals surface area contributed by atoms with Gasteiger partial charge in [-0.1, -0.05) is 18.2 Å². The molecular weight excluding hydrogens is 675 g/mol. The van der Waals surface area contributed by atoms with E-state index in [9.17, 15) is 33.0 Å². The van der Waals surface area contributed by atoms with Crippen LogP contribution in [0.15, 0.2) is 52.4 Å². The third-order valence-electron chi connectivity index (χ3n) is 7.76. The first-order chi connectivity index (χ1) is 23.3. The zero-order valence-electron chi connectivity index (χ0n) is 27.7. The van der Waals surface area contributed by atoms with Crippen molar-refractivity contribution < 1.29 is 42.5 Å². The zero-order valence-corrected chi connectivity index (χ0v) is 29.3. The predicted octanol–water partition coefficient (Wildman–Crippen LogP) is 2.89. The van der Waals surface area contributed by atoms with Crippen molar-refractivity contribution in [3.05, 3.63) is 58.5 Å². The SMILES string of the molecule is CCOC(=O)CCC(N=C1NC(=O)/C(=C\c2ccc(N3CCC(NCC(O)c4ccc(O)c(NS(C)(=O)=O)c4)CC3)cc2)S1)C(=O)OCC. The summed E-state index contributed by atoms with van der Waals surface area (Å²) in [6.07, 6.45) is 3.64. The smallest absolute Gasteiger partial charge is 0.330 e. The molecule has 2 aliphatic heterocycles. The van der Waals surface area contributed by atoms with E-state index in [-0.39, 0.29) is 61.2 Å². The monoisotopic (exact) mass is 717 g/mol. The van der Waals surface area contributed by atoms with Crippen molar-refractivity contribution >= 4 is 62.2 Å². The number of amidine groups is 1. The average Bonchev–Trinajstić information content (AvgIpc) is 3.40. The summed E-state index contributed by atoms with van der Waals surface area (Å²) in [5, 5.41) is 27.0. The van der Waals surface area contributed by atoms with Crippen molar-refractivity contribution in [2.24, 2.45) is 4.99 Å². The number of carbonyl (C=O) groups excluding carboxylic acids is 3. The van der Waals surface area contributed by atoms with E-state index < -0.39 is 34.1 Å². The summed E-state index contributed by atoms with van der Waals surface area (Å²) in [5.41, 5.74) is 2.36. The highest BCUT2D eigenvalue weighted by molar-refractivity contribution is 8.18. The van der Waals surface area contributed by atoms with Gasteiger partial charge in [0, 0.05) is 37.8 Å². The molecule has 16 heteroatoms. The second-order valence-corrected chi connectivity index (χ2v) is 14.3. The number of ether oxygens (including phenoxy) is 2. The number of thioether (sulfide) groups is 1. The minimum atomic E-state index is -3.58. The van der Waals surface area contributed by atoms with Crippen LogP contribution in [0.2, 0.25) is 0 Å². The third kappa shape index (κ3) is 11.5. The minimum absolute atomic E-state index is 0.00461. The molecule has 14 nitrogen and oxygen atoms in total.